The standard InChI is InChI=1S/C10H17NO4S2/c1-11(6-8-15-2)17(13,14)10-4-3-9(16-10)5-7-12/h3-4,12H,5-8H2,1-2H3. The van der Waals surface area contributed by atoms with Gasteiger partial charge in [0.25, 0.3) is 10.0 Å². The van der Waals surface area contributed by atoms with Gasteiger partial charge in [0.05, 0.1) is 6.61 Å². The smallest absolute Gasteiger partial charge is 0.252 e. The summed E-state index contributed by atoms with van der Waals surface area (Å²) in [7, 11) is -0.358. The first-order chi connectivity index (χ1) is 8.02. The van der Waals surface area contributed by atoms with Crippen LogP contribution >= 0.6 is 11.3 Å². The van der Waals surface area contributed by atoms with Crippen molar-refractivity contribution in [2.24, 2.45) is 0 Å². The lowest BCUT2D eigenvalue weighted by atomic mass is 10.4. The minimum atomic E-state index is -3.42. The normalized spacial score (nSPS) is 12.2. The molecule has 0 unspecified atom stereocenters. The number of aliphatic hydroxyl groups excluding tert-OH is 1. The highest BCUT2D eigenvalue weighted by molar-refractivity contribution is 7.91. The predicted octanol–water partition coefficient (Wildman–Crippen LogP) is 0.550. The van der Waals surface area contributed by atoms with Gasteiger partial charge in [0.1, 0.15) is 4.21 Å². The highest BCUT2D eigenvalue weighted by Gasteiger charge is 2.22. The summed E-state index contributed by atoms with van der Waals surface area (Å²) in [6.07, 6.45) is 0.488. The molecule has 0 radical (unpaired) electrons. The van der Waals surface area contributed by atoms with Crippen molar-refractivity contribution in [2.75, 3.05) is 33.9 Å². The van der Waals surface area contributed by atoms with E-state index in [4.69, 9.17) is 9.84 Å². The number of methoxy groups -OCH3 is 1. The van der Waals surface area contributed by atoms with E-state index in [0.29, 0.717) is 23.8 Å². The summed E-state index contributed by atoms with van der Waals surface area (Å²) < 4.78 is 30.6. The largest absolute Gasteiger partial charge is 0.396 e. The number of nitrogens with zero attached hydrogens (tertiary/aromatic N) is 1. The van der Waals surface area contributed by atoms with Crippen LogP contribution < -0.4 is 0 Å². The number of likely N-dealkylation sites (N-methyl/N-ethyl adjacent to an activating group) is 1. The number of sulfonamides is 1. The number of ether oxygens (including phenoxy) is 1. The topological polar surface area (TPSA) is 66.8 Å². The number of thiophene rings is 1. The molecule has 0 aliphatic rings. The molecule has 1 aromatic rings. The molecule has 1 N–H and O–H groups in total. The van der Waals surface area contributed by atoms with Crippen LogP contribution in [0.15, 0.2) is 16.3 Å². The second-order valence-corrected chi connectivity index (χ2v) is 6.95. The Labute approximate surface area is 106 Å². The molecule has 0 aliphatic carbocycles. The summed E-state index contributed by atoms with van der Waals surface area (Å²) in [6.45, 7) is 0.718. The average molecular weight is 279 g/mol. The van der Waals surface area contributed by atoms with Crippen molar-refractivity contribution < 1.29 is 18.3 Å². The fourth-order valence-corrected chi connectivity index (χ4v) is 3.95. The summed E-state index contributed by atoms with van der Waals surface area (Å²) in [6, 6.07) is 3.31. The Bertz CT molecular complexity index is 441. The fraction of sp³-hybridized carbons (Fsp3) is 0.600. The number of rotatable bonds is 7. The Hall–Kier alpha value is -0.470. The van der Waals surface area contributed by atoms with Gasteiger partial charge in [-0.15, -0.1) is 11.3 Å². The Morgan fingerprint density at radius 3 is 2.76 bits per heavy atom. The molecule has 7 heteroatoms. The molecule has 0 fully saturated rings. The fourth-order valence-electron chi connectivity index (χ4n) is 1.24. The van der Waals surface area contributed by atoms with Gasteiger partial charge in [-0.05, 0) is 12.1 Å². The lowest BCUT2D eigenvalue weighted by Gasteiger charge is -2.15. The van der Waals surface area contributed by atoms with Crippen LogP contribution in [0.1, 0.15) is 4.88 Å². The molecule has 0 bridgehead atoms. The quantitative estimate of drug-likeness (QED) is 0.791. The summed E-state index contributed by atoms with van der Waals surface area (Å²) in [5.74, 6) is 0. The Morgan fingerprint density at radius 1 is 1.47 bits per heavy atom. The van der Waals surface area contributed by atoms with Crippen LogP contribution in [0.2, 0.25) is 0 Å². The molecule has 1 rings (SSSR count). The second-order valence-electron chi connectivity index (χ2n) is 3.51. The van der Waals surface area contributed by atoms with Crippen LogP contribution in [-0.4, -0.2) is 51.7 Å². The molecule has 0 aliphatic heterocycles. The molecule has 0 saturated heterocycles. The van der Waals surface area contributed by atoms with Crippen LogP contribution in [0.3, 0.4) is 0 Å². The SMILES string of the molecule is COCCN(C)S(=O)(=O)c1ccc(CCO)s1. The van der Waals surface area contributed by atoms with E-state index in [1.54, 1.807) is 12.1 Å². The maximum Gasteiger partial charge on any atom is 0.252 e. The molecule has 1 heterocycles. The van der Waals surface area contributed by atoms with Crippen molar-refractivity contribution in [1.82, 2.24) is 4.31 Å². The van der Waals surface area contributed by atoms with E-state index in [-0.39, 0.29) is 6.61 Å². The van der Waals surface area contributed by atoms with E-state index in [2.05, 4.69) is 0 Å². The van der Waals surface area contributed by atoms with Crippen molar-refractivity contribution in [1.29, 1.82) is 0 Å². The number of hydrogen-bond acceptors (Lipinski definition) is 5. The molecule has 0 aromatic carbocycles. The zero-order valence-electron chi connectivity index (χ0n) is 9.92. The number of hydrogen-bond donors (Lipinski definition) is 1. The first-order valence-corrected chi connectivity index (χ1v) is 7.43. The summed E-state index contributed by atoms with van der Waals surface area (Å²) in [4.78, 5) is 0.867. The van der Waals surface area contributed by atoms with Crippen LogP contribution in [0, 0.1) is 0 Å². The first-order valence-electron chi connectivity index (χ1n) is 5.17. The van der Waals surface area contributed by atoms with Crippen molar-refractivity contribution in [3.05, 3.63) is 17.0 Å². The van der Waals surface area contributed by atoms with Crippen molar-refractivity contribution >= 4 is 21.4 Å². The minimum absolute atomic E-state index is 0.0273. The van der Waals surface area contributed by atoms with Gasteiger partial charge in [-0.3, -0.25) is 0 Å². The Morgan fingerprint density at radius 2 is 2.18 bits per heavy atom. The maximum atomic E-state index is 12.1. The van der Waals surface area contributed by atoms with Gasteiger partial charge in [-0.25, -0.2) is 8.42 Å². The zero-order chi connectivity index (χ0) is 12.9. The first kappa shape index (κ1) is 14.6. The van der Waals surface area contributed by atoms with E-state index in [1.807, 2.05) is 0 Å². The van der Waals surface area contributed by atoms with E-state index in [0.717, 1.165) is 4.88 Å². The third kappa shape index (κ3) is 3.75. The second kappa shape index (κ2) is 6.46. The van der Waals surface area contributed by atoms with Crippen LogP contribution in [-0.2, 0) is 21.2 Å². The highest BCUT2D eigenvalue weighted by atomic mass is 32.2. The lowest BCUT2D eigenvalue weighted by molar-refractivity contribution is 0.185. The van der Waals surface area contributed by atoms with Crippen molar-refractivity contribution in [3.63, 3.8) is 0 Å². The van der Waals surface area contributed by atoms with Crippen molar-refractivity contribution in [2.45, 2.75) is 10.6 Å². The molecule has 0 saturated carbocycles. The molecule has 98 valence electrons. The van der Waals surface area contributed by atoms with Crippen molar-refractivity contribution in [3.8, 4) is 0 Å². The average Bonchev–Trinajstić information content (AvgIpc) is 2.75. The van der Waals surface area contributed by atoms with Gasteiger partial charge in [0.2, 0.25) is 0 Å². The third-order valence-corrected chi connectivity index (χ3v) is 5.74. The Balaban J connectivity index is 2.81. The highest BCUT2D eigenvalue weighted by Crippen LogP contribution is 2.24. The molecule has 0 amide bonds. The molecule has 5 nitrogen and oxygen atoms in total. The van der Waals surface area contributed by atoms with Crippen LogP contribution in [0.25, 0.3) is 0 Å². The van der Waals surface area contributed by atoms with Crippen LogP contribution in [0.4, 0.5) is 0 Å². The zero-order valence-corrected chi connectivity index (χ0v) is 11.6. The van der Waals surface area contributed by atoms with E-state index < -0.39 is 10.0 Å². The Kier molecular flexibility index (Phi) is 5.54. The van der Waals surface area contributed by atoms with Gasteiger partial charge in [0.15, 0.2) is 0 Å². The van der Waals surface area contributed by atoms with Gasteiger partial charge in [0, 0.05) is 38.6 Å². The molecule has 0 atom stereocenters. The maximum absolute atomic E-state index is 12.1. The monoisotopic (exact) mass is 279 g/mol. The van der Waals surface area contributed by atoms with Gasteiger partial charge in [-0.2, -0.15) is 4.31 Å². The molecular formula is C10H17NO4S2. The van der Waals surface area contributed by atoms with Crippen LogP contribution in [0.5, 0.6) is 0 Å². The lowest BCUT2D eigenvalue weighted by Crippen LogP contribution is -2.29. The number of aliphatic hydroxyl groups is 1. The van der Waals surface area contributed by atoms with E-state index in [9.17, 15) is 8.42 Å². The van der Waals surface area contributed by atoms with E-state index in [1.165, 1.54) is 29.8 Å². The predicted molar refractivity (Wildman–Crippen MR) is 66.8 cm³/mol. The van der Waals surface area contributed by atoms with E-state index >= 15 is 0 Å². The molecule has 1 aromatic heterocycles. The van der Waals surface area contributed by atoms with Gasteiger partial charge >= 0.3 is 0 Å². The minimum Gasteiger partial charge on any atom is -0.396 e. The van der Waals surface area contributed by atoms with Gasteiger partial charge in [-0.1, -0.05) is 0 Å². The molecular weight excluding hydrogens is 262 g/mol. The summed E-state index contributed by atoms with van der Waals surface area (Å²) in [5.41, 5.74) is 0. The third-order valence-electron chi connectivity index (χ3n) is 2.27. The molecule has 0 spiro atoms. The van der Waals surface area contributed by atoms with Gasteiger partial charge < -0.3 is 9.84 Å². The summed E-state index contributed by atoms with van der Waals surface area (Å²) >= 11 is 1.20. The molecule has 17 heavy (non-hydrogen) atoms. The summed E-state index contributed by atoms with van der Waals surface area (Å²) in [5, 5.41) is 8.79.